The number of rotatable bonds is 4. The average molecular weight is 392 g/mol. The van der Waals surface area contributed by atoms with Crippen molar-refractivity contribution in [3.05, 3.63) is 40.7 Å². The van der Waals surface area contributed by atoms with Crippen LogP contribution in [-0.4, -0.2) is 36.3 Å². The van der Waals surface area contributed by atoms with Gasteiger partial charge >= 0.3 is 6.03 Å². The minimum Gasteiger partial charge on any atom is -0.495 e. The van der Waals surface area contributed by atoms with Gasteiger partial charge in [0.15, 0.2) is 0 Å². The van der Waals surface area contributed by atoms with Crippen molar-refractivity contribution in [1.29, 1.82) is 0 Å². The molecule has 0 saturated carbocycles. The molecule has 27 heavy (non-hydrogen) atoms. The number of aromatic nitrogens is 1. The van der Waals surface area contributed by atoms with E-state index in [0.717, 1.165) is 6.54 Å². The van der Waals surface area contributed by atoms with Crippen molar-refractivity contribution in [1.82, 2.24) is 9.47 Å². The fourth-order valence-corrected chi connectivity index (χ4v) is 3.97. The van der Waals surface area contributed by atoms with Crippen LogP contribution in [0, 0.1) is 12.8 Å². The first kappa shape index (κ1) is 19.4. The van der Waals surface area contributed by atoms with Crippen LogP contribution in [0.3, 0.4) is 0 Å². The highest BCUT2D eigenvalue weighted by molar-refractivity contribution is 6.32. The van der Waals surface area contributed by atoms with E-state index in [9.17, 15) is 4.79 Å². The maximum atomic E-state index is 13.1. The number of halogens is 1. The third-order valence-corrected chi connectivity index (χ3v) is 5.34. The average Bonchev–Trinajstić information content (AvgIpc) is 3.02. The Hall–Kier alpha value is -2.34. The molecule has 1 aliphatic rings. The van der Waals surface area contributed by atoms with Gasteiger partial charge in [-0.3, -0.25) is 0 Å². The van der Waals surface area contributed by atoms with Crippen LogP contribution in [0.2, 0.25) is 5.02 Å². The maximum Gasteiger partial charge on any atom is 0.322 e. The van der Waals surface area contributed by atoms with Gasteiger partial charge in [0.05, 0.1) is 31.0 Å². The number of amides is 2. The molecular formula is C20H26ClN3O3. The summed E-state index contributed by atoms with van der Waals surface area (Å²) < 4.78 is 12.9. The number of aryl methyl sites for hydroxylation is 1. The fraction of sp³-hybridized carbons (Fsp3) is 0.450. The maximum absolute atomic E-state index is 13.1. The molecule has 3 rings (SSSR count). The second kappa shape index (κ2) is 7.72. The van der Waals surface area contributed by atoms with E-state index in [-0.39, 0.29) is 18.0 Å². The molecule has 0 unspecified atom stereocenters. The number of ether oxygens (including phenoxy) is 2. The number of nitrogens with zero attached hydrogens (tertiary/aromatic N) is 2. The number of urea groups is 1. The van der Waals surface area contributed by atoms with E-state index in [1.807, 2.05) is 4.90 Å². The van der Waals surface area contributed by atoms with E-state index >= 15 is 0 Å². The topological polar surface area (TPSA) is 55.7 Å². The van der Waals surface area contributed by atoms with Gasteiger partial charge in [-0.1, -0.05) is 25.4 Å². The van der Waals surface area contributed by atoms with Gasteiger partial charge in [-0.25, -0.2) is 4.79 Å². The summed E-state index contributed by atoms with van der Waals surface area (Å²) in [7, 11) is 3.09. The highest BCUT2D eigenvalue weighted by Crippen LogP contribution is 2.38. The molecule has 2 aromatic rings. The normalized spacial score (nSPS) is 16.3. The molecule has 1 aromatic carbocycles. The van der Waals surface area contributed by atoms with Gasteiger partial charge in [-0.05, 0) is 31.0 Å². The van der Waals surface area contributed by atoms with Gasteiger partial charge in [0, 0.05) is 30.5 Å². The number of methoxy groups -OCH3 is 2. The Morgan fingerprint density at radius 3 is 2.52 bits per heavy atom. The monoisotopic (exact) mass is 391 g/mol. The van der Waals surface area contributed by atoms with Crippen LogP contribution >= 0.6 is 11.6 Å². The van der Waals surface area contributed by atoms with Crippen LogP contribution < -0.4 is 14.8 Å². The number of benzene rings is 1. The summed E-state index contributed by atoms with van der Waals surface area (Å²) in [5, 5.41) is 3.37. The lowest BCUT2D eigenvalue weighted by Gasteiger charge is -2.39. The zero-order chi connectivity index (χ0) is 19.7. The van der Waals surface area contributed by atoms with Gasteiger partial charge in [-0.15, -0.1) is 0 Å². The number of hydrogen-bond donors (Lipinski definition) is 1. The van der Waals surface area contributed by atoms with E-state index in [2.05, 4.69) is 42.8 Å². The predicted molar refractivity (Wildman–Crippen MR) is 107 cm³/mol. The molecule has 1 aromatic heterocycles. The third-order valence-electron chi connectivity index (χ3n) is 5.04. The van der Waals surface area contributed by atoms with Crippen LogP contribution in [0.5, 0.6) is 11.5 Å². The molecule has 0 bridgehead atoms. The molecule has 146 valence electrons. The third kappa shape index (κ3) is 3.58. The Kier molecular flexibility index (Phi) is 5.56. The molecular weight excluding hydrogens is 366 g/mol. The molecule has 0 fully saturated rings. The highest BCUT2D eigenvalue weighted by Gasteiger charge is 2.34. The lowest BCUT2D eigenvalue weighted by Crippen LogP contribution is -2.46. The molecule has 0 saturated heterocycles. The molecule has 7 heteroatoms. The van der Waals surface area contributed by atoms with Gasteiger partial charge in [-0.2, -0.15) is 0 Å². The lowest BCUT2D eigenvalue weighted by atomic mass is 9.97. The van der Waals surface area contributed by atoms with Crippen molar-refractivity contribution < 1.29 is 14.3 Å². The first-order chi connectivity index (χ1) is 12.9. The van der Waals surface area contributed by atoms with Crippen molar-refractivity contribution in [2.24, 2.45) is 5.92 Å². The Morgan fingerprint density at radius 1 is 1.19 bits per heavy atom. The van der Waals surface area contributed by atoms with Crippen LogP contribution in [0.1, 0.15) is 31.3 Å². The molecule has 1 atom stereocenters. The molecule has 0 aliphatic carbocycles. The summed E-state index contributed by atoms with van der Waals surface area (Å²) in [5.74, 6) is 1.28. The van der Waals surface area contributed by atoms with Crippen molar-refractivity contribution >= 4 is 23.3 Å². The summed E-state index contributed by atoms with van der Waals surface area (Å²) in [5.41, 5.74) is 2.91. The van der Waals surface area contributed by atoms with E-state index < -0.39 is 0 Å². The number of carbonyl (C=O) groups excluding carboxylic acids is 1. The van der Waals surface area contributed by atoms with Gasteiger partial charge < -0.3 is 24.3 Å². The zero-order valence-corrected chi connectivity index (χ0v) is 17.1. The van der Waals surface area contributed by atoms with E-state index in [4.69, 9.17) is 21.1 Å². The number of hydrogen-bond acceptors (Lipinski definition) is 3. The Morgan fingerprint density at radius 2 is 1.89 bits per heavy atom. The van der Waals surface area contributed by atoms with Crippen molar-refractivity contribution in [3.63, 3.8) is 0 Å². The molecule has 2 amide bonds. The highest BCUT2D eigenvalue weighted by atomic mass is 35.5. The lowest BCUT2D eigenvalue weighted by molar-refractivity contribution is 0.143. The smallest absolute Gasteiger partial charge is 0.322 e. The van der Waals surface area contributed by atoms with Crippen LogP contribution in [0.4, 0.5) is 10.5 Å². The minimum atomic E-state index is -0.168. The summed E-state index contributed by atoms with van der Waals surface area (Å²) in [4.78, 5) is 15.0. The standard InChI is InChI=1S/C20H26ClN3O3/c1-12(2)19-16-7-6-13(3)23(16)8-9-24(19)20(25)22-15-10-14(21)17(26-4)11-18(15)27-5/h6-7,10-12,19H,8-9H2,1-5H3,(H,22,25)/t19-/m1/s1. The summed E-state index contributed by atoms with van der Waals surface area (Å²) in [6.07, 6.45) is 0. The summed E-state index contributed by atoms with van der Waals surface area (Å²) >= 11 is 6.23. The first-order valence-corrected chi connectivity index (χ1v) is 9.40. The Balaban J connectivity index is 1.89. The molecule has 2 heterocycles. The van der Waals surface area contributed by atoms with Crippen LogP contribution in [-0.2, 0) is 6.54 Å². The van der Waals surface area contributed by atoms with E-state index in [1.54, 1.807) is 19.2 Å². The summed E-state index contributed by atoms with van der Waals surface area (Å²) in [6, 6.07) is 7.38. The second-order valence-electron chi connectivity index (χ2n) is 7.05. The van der Waals surface area contributed by atoms with Crippen molar-refractivity contribution in [2.45, 2.75) is 33.4 Å². The SMILES string of the molecule is COc1cc(OC)c(NC(=O)N2CCn3c(C)ccc3[C@H]2C(C)C)cc1Cl. The zero-order valence-electron chi connectivity index (χ0n) is 16.4. The Bertz CT molecular complexity index is 847. The molecule has 0 radical (unpaired) electrons. The number of carbonyl (C=O) groups is 1. The van der Waals surface area contributed by atoms with Crippen molar-refractivity contribution in [2.75, 3.05) is 26.1 Å². The summed E-state index contributed by atoms with van der Waals surface area (Å²) in [6.45, 7) is 7.79. The number of anilines is 1. The number of fused-ring (bicyclic) bond motifs is 1. The molecule has 0 spiro atoms. The minimum absolute atomic E-state index is 0.00663. The van der Waals surface area contributed by atoms with Gasteiger partial charge in [0.1, 0.15) is 11.5 Å². The molecule has 6 nitrogen and oxygen atoms in total. The second-order valence-corrected chi connectivity index (χ2v) is 7.46. The molecule has 1 N–H and O–H groups in total. The quantitative estimate of drug-likeness (QED) is 0.820. The Labute approximate surface area is 165 Å². The number of nitrogens with one attached hydrogen (secondary N) is 1. The fourth-order valence-electron chi connectivity index (χ4n) is 3.73. The van der Waals surface area contributed by atoms with E-state index in [0.29, 0.717) is 28.8 Å². The van der Waals surface area contributed by atoms with Crippen molar-refractivity contribution in [3.8, 4) is 11.5 Å². The van der Waals surface area contributed by atoms with Gasteiger partial charge in [0.2, 0.25) is 0 Å². The predicted octanol–water partition coefficient (Wildman–Crippen LogP) is 4.71. The van der Waals surface area contributed by atoms with Gasteiger partial charge in [0.25, 0.3) is 0 Å². The van der Waals surface area contributed by atoms with E-state index in [1.165, 1.54) is 18.5 Å². The largest absolute Gasteiger partial charge is 0.495 e. The van der Waals surface area contributed by atoms with Crippen LogP contribution in [0.15, 0.2) is 24.3 Å². The first-order valence-electron chi connectivity index (χ1n) is 9.02. The molecule has 1 aliphatic heterocycles. The van der Waals surface area contributed by atoms with Crippen LogP contribution in [0.25, 0.3) is 0 Å².